The summed E-state index contributed by atoms with van der Waals surface area (Å²) in [7, 11) is 1.75. The highest BCUT2D eigenvalue weighted by Crippen LogP contribution is 2.36. The predicted molar refractivity (Wildman–Crippen MR) is 65.0 cm³/mol. The first-order valence-corrected chi connectivity index (χ1v) is 6.32. The molecule has 0 saturated carbocycles. The molecule has 15 heavy (non-hydrogen) atoms. The quantitative estimate of drug-likeness (QED) is 0.884. The number of thiophene rings is 1. The fourth-order valence-electron chi connectivity index (χ4n) is 2.24. The molecule has 0 aromatic carbocycles. The van der Waals surface area contributed by atoms with E-state index in [0.29, 0.717) is 5.92 Å². The van der Waals surface area contributed by atoms with Crippen LogP contribution >= 0.6 is 22.9 Å². The molecular weight excluding hydrogens is 230 g/mol. The lowest BCUT2D eigenvalue weighted by Crippen LogP contribution is -2.40. The fourth-order valence-corrected chi connectivity index (χ4v) is 3.40. The van der Waals surface area contributed by atoms with Gasteiger partial charge in [-0.1, -0.05) is 11.6 Å². The van der Waals surface area contributed by atoms with Crippen molar-refractivity contribution >= 4 is 22.9 Å². The van der Waals surface area contributed by atoms with E-state index in [1.807, 2.05) is 6.07 Å². The van der Waals surface area contributed by atoms with Crippen molar-refractivity contribution in [2.24, 2.45) is 0 Å². The third kappa shape index (κ3) is 2.53. The minimum atomic E-state index is 0.121. The number of hydrogen-bond acceptors (Lipinski definition) is 3. The number of nitrogens with one attached hydrogen (secondary N) is 1. The smallest absolute Gasteiger partial charge is 0.0931 e. The van der Waals surface area contributed by atoms with Crippen LogP contribution in [-0.4, -0.2) is 25.8 Å². The Kier molecular flexibility index (Phi) is 3.36. The topological polar surface area (TPSA) is 21.3 Å². The molecule has 1 aromatic heterocycles. The van der Waals surface area contributed by atoms with Crippen molar-refractivity contribution in [2.45, 2.75) is 24.8 Å². The summed E-state index contributed by atoms with van der Waals surface area (Å²) >= 11 is 7.63. The molecule has 2 unspecified atom stereocenters. The largest absolute Gasteiger partial charge is 0.383 e. The van der Waals surface area contributed by atoms with Gasteiger partial charge in [-0.2, -0.15) is 0 Å². The van der Waals surface area contributed by atoms with Crippen molar-refractivity contribution in [3.05, 3.63) is 21.3 Å². The molecule has 2 heterocycles. The lowest BCUT2D eigenvalue weighted by atomic mass is 9.95. The Morgan fingerprint density at radius 2 is 2.47 bits per heavy atom. The van der Waals surface area contributed by atoms with Gasteiger partial charge in [-0.05, 0) is 25.5 Å². The Bertz CT molecular complexity index is 341. The van der Waals surface area contributed by atoms with Crippen LogP contribution in [0.3, 0.4) is 0 Å². The fraction of sp³-hybridized carbons (Fsp3) is 0.636. The molecule has 0 aliphatic carbocycles. The summed E-state index contributed by atoms with van der Waals surface area (Å²) in [4.78, 5) is 1.38. The van der Waals surface area contributed by atoms with Crippen LogP contribution < -0.4 is 5.32 Å². The van der Waals surface area contributed by atoms with Crippen LogP contribution in [0.1, 0.15) is 24.1 Å². The normalized spacial score (nSPS) is 31.0. The van der Waals surface area contributed by atoms with E-state index < -0.39 is 0 Å². The van der Waals surface area contributed by atoms with E-state index in [9.17, 15) is 0 Å². The van der Waals surface area contributed by atoms with Crippen molar-refractivity contribution < 1.29 is 4.74 Å². The van der Waals surface area contributed by atoms with Crippen LogP contribution in [0.15, 0.2) is 12.1 Å². The Labute approximate surface area is 99.6 Å². The maximum atomic E-state index is 5.94. The summed E-state index contributed by atoms with van der Waals surface area (Å²) in [5.74, 6) is 0.586. The van der Waals surface area contributed by atoms with E-state index in [1.54, 1.807) is 18.4 Å². The first-order valence-electron chi connectivity index (χ1n) is 5.12. The van der Waals surface area contributed by atoms with Gasteiger partial charge in [0.25, 0.3) is 0 Å². The SMILES string of the molecule is COCC1(C)CC(c2ccc(Cl)s2)CN1. The Hall–Kier alpha value is -0.0900. The van der Waals surface area contributed by atoms with E-state index in [2.05, 4.69) is 18.3 Å². The standard InChI is InChI=1S/C11H16ClNOS/c1-11(7-14-2)5-8(6-13-11)9-3-4-10(12)15-9/h3-4,8,13H,5-7H2,1-2H3. The van der Waals surface area contributed by atoms with Gasteiger partial charge >= 0.3 is 0 Å². The average molecular weight is 246 g/mol. The maximum absolute atomic E-state index is 5.94. The zero-order valence-electron chi connectivity index (χ0n) is 9.05. The third-order valence-corrected chi connectivity index (χ3v) is 4.33. The van der Waals surface area contributed by atoms with Crippen LogP contribution in [0.2, 0.25) is 4.34 Å². The zero-order chi connectivity index (χ0) is 10.9. The van der Waals surface area contributed by atoms with E-state index in [1.165, 1.54) is 4.88 Å². The molecule has 1 N–H and O–H groups in total. The number of rotatable bonds is 3. The van der Waals surface area contributed by atoms with Crippen molar-refractivity contribution in [1.29, 1.82) is 0 Å². The highest BCUT2D eigenvalue weighted by Gasteiger charge is 2.35. The van der Waals surface area contributed by atoms with Gasteiger partial charge in [-0.15, -0.1) is 11.3 Å². The molecule has 1 fully saturated rings. The van der Waals surface area contributed by atoms with Gasteiger partial charge in [0.15, 0.2) is 0 Å². The lowest BCUT2D eigenvalue weighted by molar-refractivity contribution is 0.129. The molecule has 0 amide bonds. The van der Waals surface area contributed by atoms with Crippen LogP contribution in [0, 0.1) is 0 Å². The summed E-state index contributed by atoms with van der Waals surface area (Å²) in [5.41, 5.74) is 0.121. The Morgan fingerprint density at radius 1 is 1.67 bits per heavy atom. The van der Waals surface area contributed by atoms with Crippen LogP contribution in [0.25, 0.3) is 0 Å². The molecule has 1 saturated heterocycles. The van der Waals surface area contributed by atoms with E-state index in [0.717, 1.165) is 23.9 Å². The molecule has 84 valence electrons. The molecule has 0 bridgehead atoms. The summed E-state index contributed by atoms with van der Waals surface area (Å²) in [5, 5.41) is 3.53. The molecule has 1 aromatic rings. The van der Waals surface area contributed by atoms with Gasteiger partial charge < -0.3 is 10.1 Å². The Balaban J connectivity index is 2.03. The molecule has 4 heteroatoms. The van der Waals surface area contributed by atoms with Crippen molar-refractivity contribution in [3.63, 3.8) is 0 Å². The minimum Gasteiger partial charge on any atom is -0.383 e. The zero-order valence-corrected chi connectivity index (χ0v) is 10.6. The second-order valence-electron chi connectivity index (χ2n) is 4.42. The van der Waals surface area contributed by atoms with Crippen molar-refractivity contribution in [1.82, 2.24) is 5.32 Å². The lowest BCUT2D eigenvalue weighted by Gasteiger charge is -2.23. The van der Waals surface area contributed by atoms with Gasteiger partial charge in [-0.3, -0.25) is 0 Å². The molecule has 2 rings (SSSR count). The second-order valence-corrected chi connectivity index (χ2v) is 6.16. The van der Waals surface area contributed by atoms with E-state index in [4.69, 9.17) is 16.3 Å². The number of halogens is 1. The number of ether oxygens (including phenoxy) is 1. The summed E-state index contributed by atoms with van der Waals surface area (Å²) < 4.78 is 6.11. The van der Waals surface area contributed by atoms with Crippen LogP contribution in [0.5, 0.6) is 0 Å². The van der Waals surface area contributed by atoms with E-state index in [-0.39, 0.29) is 5.54 Å². The highest BCUT2D eigenvalue weighted by molar-refractivity contribution is 7.16. The van der Waals surface area contributed by atoms with Crippen molar-refractivity contribution in [2.75, 3.05) is 20.3 Å². The summed E-state index contributed by atoms with van der Waals surface area (Å²) in [6, 6.07) is 4.12. The minimum absolute atomic E-state index is 0.121. The maximum Gasteiger partial charge on any atom is 0.0931 e. The van der Waals surface area contributed by atoms with Gasteiger partial charge in [0.05, 0.1) is 10.9 Å². The van der Waals surface area contributed by atoms with Gasteiger partial charge in [-0.25, -0.2) is 0 Å². The van der Waals surface area contributed by atoms with Crippen molar-refractivity contribution in [3.8, 4) is 0 Å². The molecule has 1 aliphatic heterocycles. The molecule has 2 nitrogen and oxygen atoms in total. The first kappa shape index (κ1) is 11.4. The molecule has 1 aliphatic rings. The summed E-state index contributed by atoms with van der Waals surface area (Å²) in [6.07, 6.45) is 1.12. The second kappa shape index (κ2) is 4.42. The molecule has 0 radical (unpaired) electrons. The number of hydrogen-bond donors (Lipinski definition) is 1. The third-order valence-electron chi connectivity index (χ3n) is 2.93. The van der Waals surface area contributed by atoms with Gasteiger partial charge in [0.1, 0.15) is 0 Å². The van der Waals surface area contributed by atoms with Gasteiger partial charge in [0.2, 0.25) is 0 Å². The van der Waals surface area contributed by atoms with Crippen LogP contribution in [-0.2, 0) is 4.74 Å². The van der Waals surface area contributed by atoms with Crippen LogP contribution in [0.4, 0.5) is 0 Å². The summed E-state index contributed by atoms with van der Waals surface area (Å²) in [6.45, 7) is 4.00. The monoisotopic (exact) mass is 245 g/mol. The average Bonchev–Trinajstić information content (AvgIpc) is 2.73. The molecular formula is C11H16ClNOS. The number of methoxy groups -OCH3 is 1. The molecule has 0 spiro atoms. The Morgan fingerprint density at radius 3 is 3.07 bits per heavy atom. The molecule has 2 atom stereocenters. The van der Waals surface area contributed by atoms with E-state index >= 15 is 0 Å². The predicted octanol–water partition coefficient (Wildman–Crippen LogP) is 2.88. The van der Waals surface area contributed by atoms with Gasteiger partial charge in [0, 0.05) is 30.0 Å². The first-order chi connectivity index (χ1) is 7.13. The highest BCUT2D eigenvalue weighted by atomic mass is 35.5.